The van der Waals surface area contributed by atoms with Gasteiger partial charge in [-0.15, -0.1) is 0 Å². The first-order valence-corrected chi connectivity index (χ1v) is 17.7. The highest BCUT2D eigenvalue weighted by Crippen LogP contribution is 2.70. The Balaban J connectivity index is 1.46. The number of carbonyl (C=O) groups excluding carboxylic acids is 1. The molecule has 0 aromatic rings. The van der Waals surface area contributed by atoms with Crippen LogP contribution in [0.25, 0.3) is 0 Å². The Morgan fingerprint density at radius 1 is 0.745 bits per heavy atom. The van der Waals surface area contributed by atoms with Gasteiger partial charge in [0.15, 0.2) is 0 Å². The van der Waals surface area contributed by atoms with E-state index in [0.29, 0.717) is 32.1 Å². The van der Waals surface area contributed by atoms with E-state index >= 15 is 0 Å². The summed E-state index contributed by atoms with van der Waals surface area (Å²) >= 11 is 0. The molecule has 11 heteroatoms. The number of rotatable bonds is 12. The van der Waals surface area contributed by atoms with Gasteiger partial charge in [0, 0.05) is 0 Å². The highest BCUT2D eigenvalue weighted by molar-refractivity contribution is 5.81. The molecule has 6 aliphatic rings. The molecule has 18 atom stereocenters. The molecule has 6 bridgehead atoms. The van der Waals surface area contributed by atoms with Gasteiger partial charge in [-0.1, -0.05) is 6.92 Å². The normalized spacial score (nSPS) is 45.1. The van der Waals surface area contributed by atoms with Crippen molar-refractivity contribution in [1.82, 2.24) is 0 Å². The summed E-state index contributed by atoms with van der Waals surface area (Å²) in [7, 11) is 1.33. The Labute approximate surface area is 275 Å². The van der Waals surface area contributed by atoms with Crippen molar-refractivity contribution < 1.29 is 54.2 Å². The Hall–Kier alpha value is -2.69. The number of carbonyl (C=O) groups is 5. The first kappa shape index (κ1) is 34.2. The predicted molar refractivity (Wildman–Crippen MR) is 165 cm³/mol. The first-order chi connectivity index (χ1) is 22.0. The third-order valence-electron chi connectivity index (χ3n) is 14.9. The van der Waals surface area contributed by atoms with Crippen LogP contribution in [0.5, 0.6) is 0 Å². The van der Waals surface area contributed by atoms with Crippen molar-refractivity contribution in [2.45, 2.75) is 78.7 Å². The molecule has 6 fully saturated rings. The number of aliphatic carboxylic acids is 4. The lowest BCUT2D eigenvalue weighted by Gasteiger charge is -2.50. The molecule has 18 unspecified atom stereocenters. The van der Waals surface area contributed by atoms with Gasteiger partial charge in [0.25, 0.3) is 0 Å². The van der Waals surface area contributed by atoms with E-state index in [9.17, 15) is 49.5 Å². The molecule has 0 aromatic carbocycles. The number of carboxylic acids is 4. The lowest BCUT2D eigenvalue weighted by Crippen LogP contribution is -2.52. The van der Waals surface area contributed by atoms with Gasteiger partial charge in [0.1, 0.15) is 0 Å². The highest BCUT2D eigenvalue weighted by atomic mass is 16.5. The van der Waals surface area contributed by atoms with Crippen LogP contribution in [-0.4, -0.2) is 68.6 Å². The van der Waals surface area contributed by atoms with Gasteiger partial charge in [0.2, 0.25) is 0 Å². The van der Waals surface area contributed by atoms with E-state index in [1.54, 1.807) is 20.8 Å². The second kappa shape index (κ2) is 12.0. The molecule has 0 aliphatic heterocycles. The Bertz CT molecular complexity index is 1310. The molecule has 0 radical (unpaired) electrons. The van der Waals surface area contributed by atoms with Crippen LogP contribution < -0.4 is 0 Å². The van der Waals surface area contributed by atoms with Crippen LogP contribution >= 0.6 is 0 Å². The average molecular weight is 661 g/mol. The predicted octanol–water partition coefficient (Wildman–Crippen LogP) is 4.21. The summed E-state index contributed by atoms with van der Waals surface area (Å²) in [5, 5.41) is 53.0. The molecule has 11 nitrogen and oxygen atoms in total. The van der Waals surface area contributed by atoms with E-state index in [1.807, 2.05) is 6.92 Å². The number of hydrogen-bond acceptors (Lipinski definition) is 7. The fraction of sp³-hybridized carbons (Fsp3) is 0.861. The summed E-state index contributed by atoms with van der Waals surface area (Å²) in [6.45, 7) is 7.07. The molecule has 5 N–H and O–H groups in total. The molecule has 6 aliphatic carbocycles. The maximum absolute atomic E-state index is 13.6. The van der Waals surface area contributed by atoms with Crippen molar-refractivity contribution in [2.24, 2.45) is 106 Å². The van der Waals surface area contributed by atoms with E-state index in [0.717, 1.165) is 12.8 Å². The summed E-state index contributed by atoms with van der Waals surface area (Å²) in [4.78, 5) is 65.0. The van der Waals surface area contributed by atoms with Crippen molar-refractivity contribution in [2.75, 3.05) is 7.11 Å². The summed E-state index contributed by atoms with van der Waals surface area (Å²) in [5.41, 5.74) is -1.11. The molecule has 0 heterocycles. The number of ether oxygens (including phenoxy) is 1. The lowest BCUT2D eigenvalue weighted by atomic mass is 9.53. The van der Waals surface area contributed by atoms with Gasteiger partial charge in [-0.2, -0.15) is 0 Å². The number of hydrogen-bond donors (Lipinski definition) is 5. The van der Waals surface area contributed by atoms with Gasteiger partial charge >= 0.3 is 29.8 Å². The van der Waals surface area contributed by atoms with Gasteiger partial charge in [-0.3, -0.25) is 24.0 Å². The van der Waals surface area contributed by atoms with Gasteiger partial charge in [-0.25, -0.2) is 0 Å². The number of esters is 1. The Kier molecular flexibility index (Phi) is 8.74. The third kappa shape index (κ3) is 5.28. The van der Waals surface area contributed by atoms with Crippen molar-refractivity contribution in [3.8, 4) is 0 Å². The van der Waals surface area contributed by atoms with E-state index in [1.165, 1.54) is 7.11 Å². The zero-order valence-electron chi connectivity index (χ0n) is 28.0. The van der Waals surface area contributed by atoms with E-state index < -0.39 is 76.8 Å². The molecule has 0 aromatic heterocycles. The van der Waals surface area contributed by atoms with Crippen LogP contribution in [-0.2, 0) is 28.7 Å². The van der Waals surface area contributed by atoms with Gasteiger partial charge < -0.3 is 30.3 Å². The van der Waals surface area contributed by atoms with Crippen molar-refractivity contribution in [3.63, 3.8) is 0 Å². The van der Waals surface area contributed by atoms with Crippen LogP contribution in [0.4, 0.5) is 0 Å². The SMILES string of the molecule is COC(=O)C1CC2CC1C(C1C(CC(C)(C)C(=O)O)C3CC(C(=O)O)C1C3)C2C(C(=O)O)C(C(=O)O)C1C(C)C2CC(C(C)O)C1C2. The second-order valence-corrected chi connectivity index (χ2v) is 17.1. The number of methoxy groups -OCH3 is 1. The smallest absolute Gasteiger partial charge is 0.309 e. The summed E-state index contributed by atoms with van der Waals surface area (Å²) < 4.78 is 5.20. The fourth-order valence-corrected chi connectivity index (χ4v) is 13.3. The Morgan fingerprint density at radius 2 is 1.30 bits per heavy atom. The minimum absolute atomic E-state index is 0.0270. The lowest BCUT2D eigenvalue weighted by molar-refractivity contribution is -0.168. The minimum atomic E-state index is -1.26. The standard InChI is InChI=1S/C36H52O11/c1-13-15-6-18(14(2)37)19(7-15)25(13)29(32(40)41)30(33(42)43)26-17-10-21(23(11-17)34(44)47-5)28(26)27-20-8-16(9-22(20)31(38)39)24(27)12-36(3,4)35(45)46/h13-30,37H,6-12H2,1-5H3,(H,38,39)(H,40,41)(H,42,43)(H,45,46). The van der Waals surface area contributed by atoms with Crippen LogP contribution in [0.3, 0.4) is 0 Å². The minimum Gasteiger partial charge on any atom is -0.481 e. The Morgan fingerprint density at radius 3 is 1.83 bits per heavy atom. The number of aliphatic hydroxyl groups excluding tert-OH is 1. The maximum Gasteiger partial charge on any atom is 0.309 e. The summed E-state index contributed by atoms with van der Waals surface area (Å²) in [6.07, 6.45) is 3.20. The molecule has 0 spiro atoms. The molecule has 0 amide bonds. The number of fused-ring (bicyclic) bond motifs is 6. The van der Waals surface area contributed by atoms with Gasteiger partial charge in [-0.05, 0) is 143 Å². The average Bonchev–Trinajstić information content (AvgIpc) is 3.83. The zero-order chi connectivity index (χ0) is 34.4. The van der Waals surface area contributed by atoms with Crippen molar-refractivity contribution in [1.29, 1.82) is 0 Å². The third-order valence-corrected chi connectivity index (χ3v) is 14.9. The second-order valence-electron chi connectivity index (χ2n) is 17.1. The largest absolute Gasteiger partial charge is 0.481 e. The molecule has 47 heavy (non-hydrogen) atoms. The van der Waals surface area contributed by atoms with Gasteiger partial charge in [0.05, 0.1) is 42.3 Å². The van der Waals surface area contributed by atoms with Crippen molar-refractivity contribution >= 4 is 29.8 Å². The zero-order valence-corrected chi connectivity index (χ0v) is 28.0. The van der Waals surface area contributed by atoms with Crippen molar-refractivity contribution in [3.05, 3.63) is 0 Å². The molecular formula is C36H52O11. The van der Waals surface area contributed by atoms with Crippen LogP contribution in [0, 0.1) is 106 Å². The van der Waals surface area contributed by atoms with E-state index in [4.69, 9.17) is 4.74 Å². The maximum atomic E-state index is 13.6. The quantitative estimate of drug-likeness (QED) is 0.188. The van der Waals surface area contributed by atoms with Crippen LogP contribution in [0.1, 0.15) is 72.6 Å². The number of aliphatic hydroxyl groups is 1. The van der Waals surface area contributed by atoms with Crippen LogP contribution in [0.2, 0.25) is 0 Å². The number of carboxylic acid groups (broad SMARTS) is 4. The summed E-state index contributed by atoms with van der Waals surface area (Å²) in [5.74, 6) is -11.2. The molecular weight excluding hydrogens is 608 g/mol. The monoisotopic (exact) mass is 660 g/mol. The molecule has 6 rings (SSSR count). The summed E-state index contributed by atoms with van der Waals surface area (Å²) in [6, 6.07) is 0. The topological polar surface area (TPSA) is 196 Å². The first-order valence-electron chi connectivity index (χ1n) is 17.7. The van der Waals surface area contributed by atoms with E-state index in [-0.39, 0.29) is 65.1 Å². The molecule has 0 saturated heterocycles. The van der Waals surface area contributed by atoms with Crippen LogP contribution in [0.15, 0.2) is 0 Å². The van der Waals surface area contributed by atoms with E-state index in [2.05, 4.69) is 0 Å². The molecule has 262 valence electrons. The highest BCUT2D eigenvalue weighted by Gasteiger charge is 2.69. The molecule has 6 saturated carbocycles. The fourth-order valence-electron chi connectivity index (χ4n) is 13.3.